The van der Waals surface area contributed by atoms with Gasteiger partial charge in [-0.15, -0.1) is 0 Å². The summed E-state index contributed by atoms with van der Waals surface area (Å²) < 4.78 is 13.5. The monoisotopic (exact) mass is 362 g/mol. The van der Waals surface area contributed by atoms with Gasteiger partial charge in [0.05, 0.1) is 12.3 Å². The molecule has 0 radical (unpaired) electrons. The molecule has 0 amide bonds. The van der Waals surface area contributed by atoms with E-state index in [1.807, 2.05) is 12.1 Å². The molecule has 0 aliphatic carbocycles. The lowest BCUT2D eigenvalue weighted by Crippen LogP contribution is -2.14. The minimum absolute atomic E-state index is 0.0951. The predicted octanol–water partition coefficient (Wildman–Crippen LogP) is 4.77. The number of aliphatic hydroxyl groups excluding tert-OH is 1. The van der Waals surface area contributed by atoms with Crippen molar-refractivity contribution in [2.75, 3.05) is 0 Å². The first kappa shape index (κ1) is 17.8. The van der Waals surface area contributed by atoms with Crippen molar-refractivity contribution >= 4 is 0 Å². The number of aliphatic hydroxyl groups is 1. The van der Waals surface area contributed by atoms with Crippen LogP contribution in [0.1, 0.15) is 42.1 Å². The zero-order valence-corrected chi connectivity index (χ0v) is 15.6. The number of hydrogen-bond donors (Lipinski definition) is 2. The van der Waals surface area contributed by atoms with E-state index in [1.165, 1.54) is 17.7 Å². The Labute approximate surface area is 158 Å². The highest BCUT2D eigenvalue weighted by atomic mass is 19.1. The molecule has 2 N–H and O–H groups in total. The van der Waals surface area contributed by atoms with Gasteiger partial charge in [-0.1, -0.05) is 50.2 Å². The molecular formula is C23H23FN2O. The minimum Gasteiger partial charge on any atom is -0.392 e. The van der Waals surface area contributed by atoms with Crippen molar-refractivity contribution in [3.63, 3.8) is 0 Å². The van der Waals surface area contributed by atoms with Crippen molar-refractivity contribution in [1.82, 2.24) is 10.3 Å². The van der Waals surface area contributed by atoms with Crippen LogP contribution in [-0.2, 0) is 19.7 Å². The Morgan fingerprint density at radius 1 is 1.07 bits per heavy atom. The molecule has 4 heteroatoms. The van der Waals surface area contributed by atoms with Gasteiger partial charge < -0.3 is 10.4 Å². The lowest BCUT2D eigenvalue weighted by molar-refractivity contribution is 0.280. The third kappa shape index (κ3) is 3.15. The molecule has 4 rings (SSSR count). The number of rotatable bonds is 3. The number of aromatic nitrogens is 1. The molecule has 3 nitrogen and oxygen atoms in total. The van der Waals surface area contributed by atoms with Crippen molar-refractivity contribution in [1.29, 1.82) is 0 Å². The topological polar surface area (TPSA) is 45.2 Å². The van der Waals surface area contributed by atoms with Crippen molar-refractivity contribution in [2.24, 2.45) is 0 Å². The Hall–Kier alpha value is -2.56. The zero-order valence-electron chi connectivity index (χ0n) is 15.6. The number of fused-ring (bicyclic) bond motifs is 3. The summed E-state index contributed by atoms with van der Waals surface area (Å²) in [6.45, 7) is 5.49. The lowest BCUT2D eigenvalue weighted by Gasteiger charge is -2.22. The van der Waals surface area contributed by atoms with Crippen LogP contribution in [0.15, 0.2) is 48.5 Å². The van der Waals surface area contributed by atoms with Gasteiger partial charge in [-0.3, -0.25) is 4.98 Å². The summed E-state index contributed by atoms with van der Waals surface area (Å²) in [6, 6.07) is 14.8. The van der Waals surface area contributed by atoms with Crippen LogP contribution in [0.25, 0.3) is 22.4 Å². The van der Waals surface area contributed by atoms with Gasteiger partial charge in [-0.2, -0.15) is 0 Å². The number of nitrogens with zero attached hydrogens (tertiary/aromatic N) is 1. The van der Waals surface area contributed by atoms with Crippen LogP contribution in [0.2, 0.25) is 0 Å². The molecule has 138 valence electrons. The average molecular weight is 362 g/mol. The van der Waals surface area contributed by atoms with Crippen LogP contribution in [0.4, 0.5) is 4.39 Å². The maximum absolute atomic E-state index is 13.5. The summed E-state index contributed by atoms with van der Waals surface area (Å²) in [5.41, 5.74) is 7.93. The first-order chi connectivity index (χ1) is 13.1. The molecule has 1 aliphatic rings. The normalized spacial score (nSPS) is 13.2. The number of pyridine rings is 1. The van der Waals surface area contributed by atoms with E-state index in [9.17, 15) is 9.50 Å². The Morgan fingerprint density at radius 3 is 2.52 bits per heavy atom. The second-order valence-electron chi connectivity index (χ2n) is 7.26. The van der Waals surface area contributed by atoms with E-state index in [2.05, 4.69) is 31.3 Å². The smallest absolute Gasteiger partial charge is 0.123 e. The number of benzene rings is 2. The standard InChI is InChI=1S/C23H23FN2O/c1-14(2)22-20(13-27)21(15-7-9-17(24)10-8-15)19-12-25-11-16-5-3-4-6-18(16)23(19)26-22/h3-10,14,25,27H,11-13H2,1-2H3. The van der Waals surface area contributed by atoms with Crippen LogP contribution in [0.5, 0.6) is 0 Å². The van der Waals surface area contributed by atoms with Crippen LogP contribution >= 0.6 is 0 Å². The second kappa shape index (κ2) is 7.22. The molecule has 2 aromatic carbocycles. The maximum Gasteiger partial charge on any atom is 0.123 e. The largest absolute Gasteiger partial charge is 0.392 e. The van der Waals surface area contributed by atoms with Gasteiger partial charge in [0.2, 0.25) is 0 Å². The number of nitrogens with one attached hydrogen (secondary N) is 1. The fraction of sp³-hybridized carbons (Fsp3) is 0.261. The summed E-state index contributed by atoms with van der Waals surface area (Å²) in [4.78, 5) is 5.01. The van der Waals surface area contributed by atoms with Crippen molar-refractivity contribution in [3.8, 4) is 22.4 Å². The lowest BCUT2D eigenvalue weighted by atomic mass is 9.88. The molecule has 0 spiro atoms. The molecule has 1 aromatic heterocycles. The molecule has 0 atom stereocenters. The number of hydrogen-bond acceptors (Lipinski definition) is 3. The van der Waals surface area contributed by atoms with Gasteiger partial charge in [0, 0.05) is 35.5 Å². The Morgan fingerprint density at radius 2 is 1.81 bits per heavy atom. The van der Waals surface area contributed by atoms with Gasteiger partial charge in [0.15, 0.2) is 0 Å². The van der Waals surface area contributed by atoms with E-state index in [0.29, 0.717) is 6.54 Å². The van der Waals surface area contributed by atoms with Gasteiger partial charge in [0.25, 0.3) is 0 Å². The Bertz CT molecular complexity index is 980. The van der Waals surface area contributed by atoms with E-state index in [1.54, 1.807) is 12.1 Å². The maximum atomic E-state index is 13.5. The third-order valence-corrected chi connectivity index (χ3v) is 5.16. The van der Waals surface area contributed by atoms with E-state index < -0.39 is 0 Å². The molecule has 2 heterocycles. The summed E-state index contributed by atoms with van der Waals surface area (Å²) >= 11 is 0. The highest BCUT2D eigenvalue weighted by Crippen LogP contribution is 2.39. The second-order valence-corrected chi connectivity index (χ2v) is 7.26. The van der Waals surface area contributed by atoms with Crippen molar-refractivity contribution in [2.45, 2.75) is 39.5 Å². The van der Waals surface area contributed by atoms with Gasteiger partial charge in [0.1, 0.15) is 5.82 Å². The summed E-state index contributed by atoms with van der Waals surface area (Å²) in [5.74, 6) is -0.1000. The third-order valence-electron chi connectivity index (χ3n) is 5.16. The summed E-state index contributed by atoms with van der Waals surface area (Å²) in [5, 5.41) is 13.7. The van der Waals surface area contributed by atoms with Gasteiger partial charge >= 0.3 is 0 Å². The quantitative estimate of drug-likeness (QED) is 0.705. The molecule has 1 aliphatic heterocycles. The highest BCUT2D eigenvalue weighted by molar-refractivity contribution is 5.81. The molecule has 0 bridgehead atoms. The van der Waals surface area contributed by atoms with E-state index >= 15 is 0 Å². The first-order valence-electron chi connectivity index (χ1n) is 9.31. The zero-order chi connectivity index (χ0) is 19.0. The minimum atomic E-state index is -0.267. The molecule has 3 aromatic rings. The molecule has 0 unspecified atom stereocenters. The summed E-state index contributed by atoms with van der Waals surface area (Å²) in [6.07, 6.45) is 0. The average Bonchev–Trinajstić information content (AvgIpc) is 2.86. The predicted molar refractivity (Wildman–Crippen MR) is 106 cm³/mol. The molecule has 27 heavy (non-hydrogen) atoms. The molecular weight excluding hydrogens is 339 g/mol. The van der Waals surface area contributed by atoms with Crippen LogP contribution in [0.3, 0.4) is 0 Å². The molecule has 0 saturated carbocycles. The highest BCUT2D eigenvalue weighted by Gasteiger charge is 2.25. The van der Waals surface area contributed by atoms with Crippen LogP contribution in [-0.4, -0.2) is 10.1 Å². The van der Waals surface area contributed by atoms with Gasteiger partial charge in [-0.05, 0) is 34.7 Å². The van der Waals surface area contributed by atoms with E-state index in [4.69, 9.17) is 4.98 Å². The first-order valence-corrected chi connectivity index (χ1v) is 9.31. The van der Waals surface area contributed by atoms with Crippen molar-refractivity contribution < 1.29 is 9.50 Å². The Kier molecular flexibility index (Phi) is 4.77. The fourth-order valence-corrected chi connectivity index (χ4v) is 3.91. The fourth-order valence-electron chi connectivity index (χ4n) is 3.91. The number of halogens is 1. The Balaban J connectivity index is 2.09. The SMILES string of the molecule is CC(C)c1nc2c(c(-c3ccc(F)cc3)c1CO)CNCc1ccccc1-2. The van der Waals surface area contributed by atoms with Crippen molar-refractivity contribution in [3.05, 3.63) is 76.7 Å². The van der Waals surface area contributed by atoms with Crippen LogP contribution < -0.4 is 5.32 Å². The van der Waals surface area contributed by atoms with E-state index in [-0.39, 0.29) is 18.3 Å². The molecule has 0 saturated heterocycles. The summed E-state index contributed by atoms with van der Waals surface area (Å²) in [7, 11) is 0. The molecule has 0 fully saturated rings. The van der Waals surface area contributed by atoms with E-state index in [0.717, 1.165) is 45.7 Å². The van der Waals surface area contributed by atoms with Gasteiger partial charge in [-0.25, -0.2) is 4.39 Å². The van der Waals surface area contributed by atoms with Crippen LogP contribution in [0, 0.1) is 5.82 Å².